The zero-order chi connectivity index (χ0) is 14.3. The van der Waals surface area contributed by atoms with Crippen molar-refractivity contribution < 1.29 is 27.4 Å². The topological polar surface area (TPSA) is 27.7 Å². The molecule has 108 valence electrons. The molecule has 0 saturated heterocycles. The molecule has 3 nitrogen and oxygen atoms in total. The molecule has 0 bridgehead atoms. The van der Waals surface area contributed by atoms with E-state index < -0.39 is 11.7 Å². The molecule has 0 saturated carbocycles. The van der Waals surface area contributed by atoms with E-state index in [9.17, 15) is 13.2 Å². The molecule has 0 N–H and O–H groups in total. The Hall–Kier alpha value is -0.540. The van der Waals surface area contributed by atoms with Crippen molar-refractivity contribution in [3.8, 4) is 5.75 Å². The SMILES string of the molecule is COCCOCCOc1c(I)cccc1C(F)(F)F. The van der Waals surface area contributed by atoms with Crippen LogP contribution >= 0.6 is 22.6 Å². The highest BCUT2D eigenvalue weighted by Gasteiger charge is 2.35. The van der Waals surface area contributed by atoms with Gasteiger partial charge in [-0.2, -0.15) is 13.2 Å². The summed E-state index contributed by atoms with van der Waals surface area (Å²) in [5.74, 6) is -0.147. The molecule has 0 amide bonds. The second kappa shape index (κ2) is 7.91. The number of benzene rings is 1. The fraction of sp³-hybridized carbons (Fsp3) is 0.500. The lowest BCUT2D eigenvalue weighted by Crippen LogP contribution is -2.14. The first-order valence-electron chi connectivity index (χ1n) is 5.52. The van der Waals surface area contributed by atoms with Crippen LogP contribution in [0.25, 0.3) is 0 Å². The van der Waals surface area contributed by atoms with Gasteiger partial charge in [0.1, 0.15) is 12.4 Å². The quantitative estimate of drug-likeness (QED) is 0.528. The van der Waals surface area contributed by atoms with Crippen LogP contribution < -0.4 is 4.74 Å². The monoisotopic (exact) mass is 390 g/mol. The first kappa shape index (κ1) is 16.5. The Morgan fingerprint density at radius 2 is 1.79 bits per heavy atom. The average molecular weight is 390 g/mol. The Bertz CT molecular complexity index is 396. The van der Waals surface area contributed by atoms with Crippen LogP contribution in [-0.4, -0.2) is 33.5 Å². The second-order valence-corrected chi connectivity index (χ2v) is 4.73. The number of methoxy groups -OCH3 is 1. The van der Waals surface area contributed by atoms with E-state index in [1.54, 1.807) is 13.2 Å². The van der Waals surface area contributed by atoms with Crippen molar-refractivity contribution in [2.75, 3.05) is 33.5 Å². The molecule has 0 spiro atoms. The summed E-state index contributed by atoms with van der Waals surface area (Å²) in [5.41, 5.74) is -0.767. The number of halogens is 4. The van der Waals surface area contributed by atoms with Crippen molar-refractivity contribution in [2.45, 2.75) is 6.18 Å². The van der Waals surface area contributed by atoms with Crippen LogP contribution in [0.2, 0.25) is 0 Å². The zero-order valence-corrected chi connectivity index (χ0v) is 12.5. The van der Waals surface area contributed by atoms with E-state index in [1.165, 1.54) is 6.07 Å². The van der Waals surface area contributed by atoms with Crippen LogP contribution in [0, 0.1) is 3.57 Å². The van der Waals surface area contributed by atoms with E-state index in [-0.39, 0.29) is 19.0 Å². The molecule has 19 heavy (non-hydrogen) atoms. The van der Waals surface area contributed by atoms with Crippen molar-refractivity contribution in [3.05, 3.63) is 27.3 Å². The molecule has 0 aliphatic carbocycles. The number of alkyl halides is 3. The third kappa shape index (κ3) is 5.53. The van der Waals surface area contributed by atoms with Gasteiger partial charge in [0.15, 0.2) is 0 Å². The highest BCUT2D eigenvalue weighted by atomic mass is 127. The summed E-state index contributed by atoms with van der Waals surface area (Å²) < 4.78 is 53.8. The predicted molar refractivity (Wildman–Crippen MR) is 72.4 cm³/mol. The molecule has 0 unspecified atom stereocenters. The summed E-state index contributed by atoms with van der Waals surface area (Å²) in [6.45, 7) is 1.10. The standard InChI is InChI=1S/C12H14F3IO3/c1-17-5-6-18-7-8-19-11-9(12(13,14)15)3-2-4-10(11)16/h2-4H,5-8H2,1H3. The minimum atomic E-state index is -4.42. The summed E-state index contributed by atoms with van der Waals surface area (Å²) in [5, 5.41) is 0. The smallest absolute Gasteiger partial charge is 0.420 e. The van der Waals surface area contributed by atoms with Gasteiger partial charge in [0, 0.05) is 7.11 Å². The van der Waals surface area contributed by atoms with Gasteiger partial charge in [-0.3, -0.25) is 0 Å². The Morgan fingerprint density at radius 1 is 1.11 bits per heavy atom. The lowest BCUT2D eigenvalue weighted by Gasteiger charge is -2.15. The number of rotatable bonds is 7. The van der Waals surface area contributed by atoms with Gasteiger partial charge in [0.25, 0.3) is 0 Å². The van der Waals surface area contributed by atoms with Gasteiger partial charge in [-0.1, -0.05) is 6.07 Å². The molecule has 0 fully saturated rings. The largest absolute Gasteiger partial charge is 0.489 e. The summed E-state index contributed by atoms with van der Waals surface area (Å²) >= 11 is 1.81. The molecular formula is C12H14F3IO3. The first-order valence-corrected chi connectivity index (χ1v) is 6.60. The number of hydrogen-bond donors (Lipinski definition) is 0. The summed E-state index contributed by atoms with van der Waals surface area (Å²) in [6, 6.07) is 3.92. The molecule has 0 aromatic heterocycles. The van der Waals surface area contributed by atoms with Gasteiger partial charge in [-0.25, -0.2) is 0 Å². The lowest BCUT2D eigenvalue weighted by molar-refractivity contribution is -0.139. The van der Waals surface area contributed by atoms with Gasteiger partial charge in [-0.15, -0.1) is 0 Å². The van der Waals surface area contributed by atoms with Crippen molar-refractivity contribution >= 4 is 22.6 Å². The maximum Gasteiger partial charge on any atom is 0.420 e. The number of ether oxygens (including phenoxy) is 3. The fourth-order valence-corrected chi connectivity index (χ4v) is 1.98. The van der Waals surface area contributed by atoms with E-state index in [0.717, 1.165) is 6.07 Å². The molecule has 7 heteroatoms. The molecule has 0 heterocycles. The number of hydrogen-bond acceptors (Lipinski definition) is 3. The summed E-state index contributed by atoms with van der Waals surface area (Å²) in [6.07, 6.45) is -4.42. The second-order valence-electron chi connectivity index (χ2n) is 3.57. The van der Waals surface area contributed by atoms with Crippen molar-refractivity contribution in [1.82, 2.24) is 0 Å². The Kier molecular flexibility index (Phi) is 6.87. The van der Waals surface area contributed by atoms with Crippen LogP contribution in [0.3, 0.4) is 0 Å². The third-order valence-corrected chi connectivity index (χ3v) is 3.03. The molecule has 1 rings (SSSR count). The van der Waals surface area contributed by atoms with E-state index in [1.807, 2.05) is 22.6 Å². The maximum absolute atomic E-state index is 12.8. The van der Waals surface area contributed by atoms with E-state index >= 15 is 0 Å². The molecular weight excluding hydrogens is 376 g/mol. The zero-order valence-electron chi connectivity index (χ0n) is 10.3. The van der Waals surface area contributed by atoms with Gasteiger partial charge in [0.05, 0.1) is 29.0 Å². The van der Waals surface area contributed by atoms with Crippen molar-refractivity contribution in [1.29, 1.82) is 0 Å². The predicted octanol–water partition coefficient (Wildman–Crippen LogP) is 3.35. The maximum atomic E-state index is 12.8. The highest BCUT2D eigenvalue weighted by Crippen LogP contribution is 2.38. The van der Waals surface area contributed by atoms with E-state index in [2.05, 4.69) is 0 Å². The first-order chi connectivity index (χ1) is 8.96. The van der Waals surface area contributed by atoms with Gasteiger partial charge >= 0.3 is 6.18 Å². The van der Waals surface area contributed by atoms with Crippen LogP contribution in [0.5, 0.6) is 5.75 Å². The van der Waals surface area contributed by atoms with Crippen LogP contribution in [0.4, 0.5) is 13.2 Å². The Balaban J connectivity index is 2.57. The van der Waals surface area contributed by atoms with Crippen LogP contribution in [-0.2, 0) is 15.7 Å². The normalized spacial score (nSPS) is 11.6. The van der Waals surface area contributed by atoms with Gasteiger partial charge in [-0.05, 0) is 34.7 Å². The van der Waals surface area contributed by atoms with Gasteiger partial charge in [0.2, 0.25) is 0 Å². The molecule has 1 aromatic carbocycles. The minimum Gasteiger partial charge on any atom is -0.489 e. The van der Waals surface area contributed by atoms with Crippen molar-refractivity contribution in [3.63, 3.8) is 0 Å². The molecule has 1 aromatic rings. The van der Waals surface area contributed by atoms with Crippen LogP contribution in [0.1, 0.15) is 5.56 Å². The van der Waals surface area contributed by atoms with E-state index in [0.29, 0.717) is 16.8 Å². The molecule has 0 aliphatic rings. The van der Waals surface area contributed by atoms with Crippen molar-refractivity contribution in [2.24, 2.45) is 0 Å². The number of para-hydroxylation sites is 1. The van der Waals surface area contributed by atoms with Gasteiger partial charge < -0.3 is 14.2 Å². The molecule has 0 atom stereocenters. The average Bonchev–Trinajstić information content (AvgIpc) is 2.33. The third-order valence-electron chi connectivity index (χ3n) is 2.18. The minimum absolute atomic E-state index is 0.0623. The lowest BCUT2D eigenvalue weighted by atomic mass is 10.2. The fourth-order valence-electron chi connectivity index (χ4n) is 1.33. The Morgan fingerprint density at radius 3 is 2.42 bits per heavy atom. The summed E-state index contributed by atoms with van der Waals surface area (Å²) in [4.78, 5) is 0. The summed E-state index contributed by atoms with van der Waals surface area (Å²) in [7, 11) is 1.54. The molecule has 0 aliphatic heterocycles. The Labute approximate surface area is 123 Å². The molecule has 0 radical (unpaired) electrons. The van der Waals surface area contributed by atoms with E-state index in [4.69, 9.17) is 14.2 Å². The van der Waals surface area contributed by atoms with Crippen LogP contribution in [0.15, 0.2) is 18.2 Å². The highest BCUT2D eigenvalue weighted by molar-refractivity contribution is 14.1.